The van der Waals surface area contributed by atoms with Crippen molar-refractivity contribution in [2.45, 2.75) is 38.5 Å². The first-order valence-electron chi connectivity index (χ1n) is 4.33. The van der Waals surface area contributed by atoms with Crippen LogP contribution in [-0.2, 0) is 4.79 Å². The lowest BCUT2D eigenvalue weighted by molar-refractivity contribution is -0.157. The lowest BCUT2D eigenvalue weighted by atomic mass is 9.47. The van der Waals surface area contributed by atoms with Crippen LogP contribution in [0.5, 0.6) is 0 Å². The van der Waals surface area contributed by atoms with Crippen LogP contribution in [0.25, 0.3) is 0 Å². The second-order valence-electron chi connectivity index (χ2n) is 4.29. The lowest BCUT2D eigenvalue weighted by Crippen LogP contribution is -2.54. The first-order chi connectivity index (χ1) is 4.79. The predicted molar refractivity (Wildman–Crippen MR) is 37.6 cm³/mol. The Bertz CT molecular complexity index is 211. The van der Waals surface area contributed by atoms with Gasteiger partial charge in [0.15, 0.2) is 0 Å². The van der Waals surface area contributed by atoms with Crippen molar-refractivity contribution < 1.29 is 4.79 Å². The lowest BCUT2D eigenvalue weighted by Gasteiger charge is -2.55. The zero-order chi connectivity index (χ0) is 6.82. The molecule has 3 aliphatic rings. The molecule has 3 aliphatic carbocycles. The third kappa shape index (κ3) is 0.320. The highest BCUT2D eigenvalue weighted by Crippen LogP contribution is 2.76. The summed E-state index contributed by atoms with van der Waals surface area (Å²) in [6, 6.07) is 0. The summed E-state index contributed by atoms with van der Waals surface area (Å²) in [4.78, 5) is 11.3. The zero-order valence-electron chi connectivity index (χ0n) is 6.15. The molecular weight excluding hydrogens is 124 g/mol. The van der Waals surface area contributed by atoms with Gasteiger partial charge < -0.3 is 0 Å². The summed E-state index contributed by atoms with van der Waals surface area (Å²) in [5.41, 5.74) is 0.856. The van der Waals surface area contributed by atoms with Crippen LogP contribution in [0.1, 0.15) is 38.5 Å². The standard InChI is InChI=1S/C9H12O/c10-7-1-2-9(7)6-5-8(9)3-4-8/h1-6H2/t9-/m1/s1. The number of fused-ring (bicyclic) bond motifs is 1. The molecule has 0 heterocycles. The molecule has 3 saturated carbocycles. The first-order valence-corrected chi connectivity index (χ1v) is 4.33. The molecule has 0 aromatic carbocycles. The predicted octanol–water partition coefficient (Wildman–Crippen LogP) is 1.91. The van der Waals surface area contributed by atoms with E-state index in [1.165, 1.54) is 32.1 Å². The minimum atomic E-state index is 0.271. The van der Waals surface area contributed by atoms with Crippen molar-refractivity contribution in [1.29, 1.82) is 0 Å². The topological polar surface area (TPSA) is 17.1 Å². The third-order valence-corrected chi connectivity index (χ3v) is 4.21. The molecule has 1 nitrogen and oxygen atoms in total. The Hall–Kier alpha value is -0.330. The summed E-state index contributed by atoms with van der Waals surface area (Å²) in [6.07, 6.45) is 7.43. The van der Waals surface area contributed by atoms with Crippen molar-refractivity contribution >= 4 is 5.78 Å². The molecule has 0 amide bonds. The molecule has 10 heavy (non-hydrogen) atoms. The molecule has 0 N–H and O–H groups in total. The fourth-order valence-electron chi connectivity index (χ4n) is 3.01. The molecule has 0 aromatic heterocycles. The van der Waals surface area contributed by atoms with Gasteiger partial charge in [-0.1, -0.05) is 0 Å². The zero-order valence-corrected chi connectivity index (χ0v) is 6.15. The van der Waals surface area contributed by atoms with Crippen LogP contribution in [0.15, 0.2) is 0 Å². The van der Waals surface area contributed by atoms with Crippen molar-refractivity contribution in [2.75, 3.05) is 0 Å². The summed E-state index contributed by atoms with van der Waals surface area (Å²) in [5.74, 6) is 0.594. The molecule has 0 saturated heterocycles. The van der Waals surface area contributed by atoms with Gasteiger partial charge in [0, 0.05) is 11.8 Å². The first kappa shape index (κ1) is 5.34. The van der Waals surface area contributed by atoms with E-state index in [1.54, 1.807) is 0 Å². The highest BCUT2D eigenvalue weighted by molar-refractivity contribution is 5.92. The fourth-order valence-corrected chi connectivity index (χ4v) is 3.01. The summed E-state index contributed by atoms with van der Waals surface area (Å²) in [5, 5.41) is 0. The van der Waals surface area contributed by atoms with Crippen LogP contribution in [-0.4, -0.2) is 5.78 Å². The van der Waals surface area contributed by atoms with E-state index in [9.17, 15) is 4.79 Å². The second kappa shape index (κ2) is 1.19. The number of carbonyl (C=O) groups excluding carboxylic acids is 1. The number of hydrogen-bond acceptors (Lipinski definition) is 1. The van der Waals surface area contributed by atoms with Gasteiger partial charge in [-0.25, -0.2) is 0 Å². The van der Waals surface area contributed by atoms with E-state index in [2.05, 4.69) is 0 Å². The summed E-state index contributed by atoms with van der Waals surface area (Å²) in [7, 11) is 0. The normalized spacial score (nSPS) is 47.0. The van der Waals surface area contributed by atoms with Crippen LogP contribution in [0.2, 0.25) is 0 Å². The van der Waals surface area contributed by atoms with E-state index in [0.29, 0.717) is 11.2 Å². The Labute approximate surface area is 60.8 Å². The molecule has 3 rings (SSSR count). The monoisotopic (exact) mass is 136 g/mol. The van der Waals surface area contributed by atoms with E-state index >= 15 is 0 Å². The van der Waals surface area contributed by atoms with Crippen LogP contribution in [0, 0.1) is 10.8 Å². The van der Waals surface area contributed by atoms with Gasteiger partial charge in [0.05, 0.1) is 0 Å². The number of carbonyl (C=O) groups is 1. The van der Waals surface area contributed by atoms with Crippen molar-refractivity contribution in [2.24, 2.45) is 10.8 Å². The van der Waals surface area contributed by atoms with E-state index in [4.69, 9.17) is 0 Å². The number of hydrogen-bond donors (Lipinski definition) is 0. The Kier molecular flexibility index (Phi) is 0.637. The van der Waals surface area contributed by atoms with Crippen LogP contribution in [0.4, 0.5) is 0 Å². The summed E-state index contributed by atoms with van der Waals surface area (Å²) < 4.78 is 0. The molecule has 0 radical (unpaired) electrons. The van der Waals surface area contributed by atoms with Crippen LogP contribution in [0.3, 0.4) is 0 Å². The van der Waals surface area contributed by atoms with Gasteiger partial charge in [-0.05, 0) is 37.5 Å². The van der Waals surface area contributed by atoms with Crippen molar-refractivity contribution in [1.82, 2.24) is 0 Å². The molecule has 1 atom stereocenters. The summed E-state index contributed by atoms with van der Waals surface area (Å²) >= 11 is 0. The maximum absolute atomic E-state index is 11.3. The maximum atomic E-state index is 11.3. The number of Topliss-reactive ketones (excluding diaryl/α,β-unsaturated/α-hetero) is 1. The molecule has 0 unspecified atom stereocenters. The summed E-state index contributed by atoms with van der Waals surface area (Å²) in [6.45, 7) is 0. The number of rotatable bonds is 0. The SMILES string of the molecule is O=C1CC[C@@]12CCC21CC1. The molecule has 1 heteroatoms. The maximum Gasteiger partial charge on any atom is 0.139 e. The smallest absolute Gasteiger partial charge is 0.139 e. The molecule has 54 valence electrons. The van der Waals surface area contributed by atoms with E-state index < -0.39 is 0 Å². The van der Waals surface area contributed by atoms with E-state index in [1.807, 2.05) is 0 Å². The van der Waals surface area contributed by atoms with Gasteiger partial charge >= 0.3 is 0 Å². The minimum absolute atomic E-state index is 0.271. The van der Waals surface area contributed by atoms with E-state index in [0.717, 1.165) is 6.42 Å². The molecular formula is C9H12O. The van der Waals surface area contributed by atoms with Gasteiger partial charge in [-0.3, -0.25) is 4.79 Å². The van der Waals surface area contributed by atoms with Gasteiger partial charge in [0.1, 0.15) is 5.78 Å². The Balaban J connectivity index is 1.98. The average molecular weight is 136 g/mol. The van der Waals surface area contributed by atoms with Gasteiger partial charge in [-0.15, -0.1) is 0 Å². The second-order valence-corrected chi connectivity index (χ2v) is 4.29. The van der Waals surface area contributed by atoms with E-state index in [-0.39, 0.29) is 5.41 Å². The number of ketones is 1. The molecule has 2 spiro atoms. The quantitative estimate of drug-likeness (QED) is 0.497. The van der Waals surface area contributed by atoms with Crippen molar-refractivity contribution in [3.05, 3.63) is 0 Å². The molecule has 0 bridgehead atoms. The highest BCUT2D eigenvalue weighted by Gasteiger charge is 2.71. The Morgan fingerprint density at radius 2 is 1.70 bits per heavy atom. The Morgan fingerprint density at radius 3 is 1.80 bits per heavy atom. The van der Waals surface area contributed by atoms with Gasteiger partial charge in [0.2, 0.25) is 0 Å². The molecule has 0 aromatic rings. The average Bonchev–Trinajstić information content (AvgIpc) is 2.62. The Morgan fingerprint density at radius 1 is 1.00 bits per heavy atom. The highest BCUT2D eigenvalue weighted by atomic mass is 16.1. The molecule has 0 aliphatic heterocycles. The van der Waals surface area contributed by atoms with Crippen LogP contribution < -0.4 is 0 Å². The largest absolute Gasteiger partial charge is 0.299 e. The van der Waals surface area contributed by atoms with Gasteiger partial charge in [0.25, 0.3) is 0 Å². The van der Waals surface area contributed by atoms with Crippen molar-refractivity contribution in [3.8, 4) is 0 Å². The van der Waals surface area contributed by atoms with Gasteiger partial charge in [-0.2, -0.15) is 0 Å². The minimum Gasteiger partial charge on any atom is -0.299 e. The van der Waals surface area contributed by atoms with Crippen LogP contribution >= 0.6 is 0 Å². The fraction of sp³-hybridized carbons (Fsp3) is 0.889. The van der Waals surface area contributed by atoms with Crippen molar-refractivity contribution in [3.63, 3.8) is 0 Å². The molecule has 3 fully saturated rings. The third-order valence-electron chi connectivity index (χ3n) is 4.21.